The van der Waals surface area contributed by atoms with Gasteiger partial charge < -0.3 is 29.7 Å². The van der Waals surface area contributed by atoms with Crippen molar-refractivity contribution in [3.8, 4) is 0 Å². The number of sulfonamides is 1. The van der Waals surface area contributed by atoms with Crippen molar-refractivity contribution in [3.63, 3.8) is 0 Å². The average molecular weight is 814 g/mol. The summed E-state index contributed by atoms with van der Waals surface area (Å²) in [6.45, 7) is 7.37. The SMILES string of the molecule is Cc1ccccc1S(=O)(=O)NC(=O)[C@@]12C[C@@H]1/C=C\CCCOCC[C@H](NC(=O)OC(C)(C)C)C(=O)N1C[C@H](OC(=O)N3Cc4cccc(Cl)c4C3)C[C@H]1C(=O)N2. The summed E-state index contributed by atoms with van der Waals surface area (Å²) in [6, 6.07) is 9.14. The lowest BCUT2D eigenvalue weighted by atomic mass is 10.1. The van der Waals surface area contributed by atoms with E-state index >= 15 is 0 Å². The van der Waals surface area contributed by atoms with Gasteiger partial charge in [-0.15, -0.1) is 0 Å². The summed E-state index contributed by atoms with van der Waals surface area (Å²) >= 11 is 6.37. The summed E-state index contributed by atoms with van der Waals surface area (Å²) in [6.07, 6.45) is 2.33. The molecule has 0 spiro atoms. The highest BCUT2D eigenvalue weighted by Crippen LogP contribution is 2.46. The molecule has 3 N–H and O–H groups in total. The molecule has 3 aliphatic heterocycles. The average Bonchev–Trinajstić information content (AvgIpc) is 3.41. The molecule has 2 aromatic carbocycles. The van der Waals surface area contributed by atoms with E-state index < -0.39 is 75.2 Å². The van der Waals surface area contributed by atoms with Crippen LogP contribution in [0.25, 0.3) is 0 Å². The van der Waals surface area contributed by atoms with E-state index in [-0.39, 0.29) is 50.4 Å². The second-order valence-electron chi connectivity index (χ2n) is 15.6. The van der Waals surface area contributed by atoms with Gasteiger partial charge in [-0.2, -0.15) is 0 Å². The summed E-state index contributed by atoms with van der Waals surface area (Å²) < 4.78 is 46.2. The van der Waals surface area contributed by atoms with E-state index in [0.29, 0.717) is 30.0 Å². The van der Waals surface area contributed by atoms with Crippen LogP contribution in [-0.2, 0) is 51.7 Å². The normalized spacial score (nSPS) is 26.2. The standard InChI is InChI=1S/C39H48ClN5O10S/c1-24-11-7-8-15-32(24)56(51,52)43-35(48)39-20-26(39)13-6-5-9-17-53-18-16-30(41-36(49)55-38(2,3)4)34(47)45-22-27(19-31(45)33(46)42-39)54-37(50)44-21-25-12-10-14-29(40)28(25)23-44/h6-8,10-15,26-27,30-31H,5,9,16-23H2,1-4H3,(H,41,49)(H,42,46)(H,43,48)/b13-6-/t26-,27+,30-,31-,39+/m0/s1. The highest BCUT2D eigenvalue weighted by molar-refractivity contribution is 7.90. The summed E-state index contributed by atoms with van der Waals surface area (Å²) in [5.41, 5.74) is -0.423. The number of carbonyl (C=O) groups is 5. The topological polar surface area (TPSA) is 190 Å². The number of hydrogen-bond donors (Lipinski definition) is 3. The molecule has 1 aliphatic carbocycles. The fourth-order valence-corrected chi connectivity index (χ4v) is 8.83. The van der Waals surface area contributed by atoms with Crippen LogP contribution >= 0.6 is 11.6 Å². The number of amides is 5. The molecule has 0 bridgehead atoms. The molecular weight excluding hydrogens is 766 g/mol. The third-order valence-electron chi connectivity index (χ3n) is 10.2. The van der Waals surface area contributed by atoms with Crippen molar-refractivity contribution in [1.29, 1.82) is 0 Å². The molecule has 2 fully saturated rings. The Kier molecular flexibility index (Phi) is 12.0. The molecule has 4 aliphatic rings. The minimum atomic E-state index is -4.33. The molecule has 56 heavy (non-hydrogen) atoms. The first-order chi connectivity index (χ1) is 26.5. The van der Waals surface area contributed by atoms with Gasteiger partial charge in [-0.25, -0.2) is 22.7 Å². The lowest BCUT2D eigenvalue weighted by Gasteiger charge is -2.30. The number of ether oxygens (including phenoxy) is 3. The number of halogens is 1. The molecule has 302 valence electrons. The predicted octanol–water partition coefficient (Wildman–Crippen LogP) is 4.10. The van der Waals surface area contributed by atoms with E-state index in [1.165, 1.54) is 15.9 Å². The maximum atomic E-state index is 14.4. The largest absolute Gasteiger partial charge is 0.444 e. The van der Waals surface area contributed by atoms with Gasteiger partial charge in [-0.05, 0) is 75.8 Å². The van der Waals surface area contributed by atoms with E-state index in [2.05, 4.69) is 15.4 Å². The first kappa shape index (κ1) is 41.0. The van der Waals surface area contributed by atoms with Gasteiger partial charge in [0.15, 0.2) is 0 Å². The van der Waals surface area contributed by atoms with Gasteiger partial charge in [-0.3, -0.25) is 19.3 Å². The minimum absolute atomic E-state index is 0.0428. The maximum absolute atomic E-state index is 14.4. The summed E-state index contributed by atoms with van der Waals surface area (Å²) in [4.78, 5) is 71.8. The highest BCUT2D eigenvalue weighted by atomic mass is 35.5. The Balaban J connectivity index is 1.28. The number of alkyl carbamates (subject to hydrolysis) is 1. The van der Waals surface area contributed by atoms with Gasteiger partial charge in [0.1, 0.15) is 29.3 Å². The number of fused-ring (bicyclic) bond motifs is 3. The zero-order valence-corrected chi connectivity index (χ0v) is 33.4. The Morgan fingerprint density at radius 2 is 1.82 bits per heavy atom. The third-order valence-corrected chi connectivity index (χ3v) is 12.1. The first-order valence-corrected chi connectivity index (χ1v) is 20.5. The molecule has 17 heteroatoms. The number of hydrogen-bond acceptors (Lipinski definition) is 10. The van der Waals surface area contributed by atoms with Gasteiger partial charge in [0, 0.05) is 43.5 Å². The zero-order valence-electron chi connectivity index (χ0n) is 31.8. The van der Waals surface area contributed by atoms with Crippen LogP contribution in [0.4, 0.5) is 9.59 Å². The van der Waals surface area contributed by atoms with Crippen LogP contribution in [0.2, 0.25) is 5.02 Å². The summed E-state index contributed by atoms with van der Waals surface area (Å²) in [7, 11) is -4.33. The third kappa shape index (κ3) is 9.30. The molecule has 1 saturated carbocycles. The molecule has 0 unspecified atom stereocenters. The highest BCUT2D eigenvalue weighted by Gasteiger charge is 2.62. The fraction of sp³-hybridized carbons (Fsp3) is 0.513. The first-order valence-electron chi connectivity index (χ1n) is 18.7. The van der Waals surface area contributed by atoms with Crippen LogP contribution in [0.15, 0.2) is 59.5 Å². The van der Waals surface area contributed by atoms with Crippen molar-refractivity contribution in [1.82, 2.24) is 25.2 Å². The maximum Gasteiger partial charge on any atom is 0.410 e. The summed E-state index contributed by atoms with van der Waals surface area (Å²) in [5, 5.41) is 5.95. The number of carbonyl (C=O) groups excluding carboxylic acids is 5. The fourth-order valence-electron chi connectivity index (χ4n) is 7.29. The Hall–Kier alpha value is -4.67. The van der Waals surface area contributed by atoms with Gasteiger partial charge in [0.25, 0.3) is 15.9 Å². The van der Waals surface area contributed by atoms with Crippen LogP contribution in [0.5, 0.6) is 0 Å². The molecule has 3 heterocycles. The van der Waals surface area contributed by atoms with Gasteiger partial charge in [0.2, 0.25) is 11.8 Å². The molecule has 0 aromatic heterocycles. The molecule has 0 radical (unpaired) electrons. The quantitative estimate of drug-likeness (QED) is 0.371. The number of benzene rings is 2. The molecular formula is C39H48ClN5O10S. The van der Waals surface area contributed by atoms with Gasteiger partial charge in [0.05, 0.1) is 18.0 Å². The van der Waals surface area contributed by atoms with Gasteiger partial charge >= 0.3 is 12.2 Å². The molecule has 15 nitrogen and oxygen atoms in total. The lowest BCUT2D eigenvalue weighted by Crippen LogP contribution is -2.58. The van der Waals surface area contributed by atoms with Crippen LogP contribution in [-0.4, -0.2) is 97.2 Å². The van der Waals surface area contributed by atoms with Crippen LogP contribution < -0.4 is 15.4 Å². The van der Waals surface area contributed by atoms with Crippen molar-refractivity contribution in [2.24, 2.45) is 5.92 Å². The second-order valence-corrected chi connectivity index (χ2v) is 17.7. The number of nitrogens with zero attached hydrogens (tertiary/aromatic N) is 2. The van der Waals surface area contributed by atoms with Gasteiger partial charge in [-0.1, -0.05) is 54.1 Å². The summed E-state index contributed by atoms with van der Waals surface area (Å²) in [5.74, 6) is -2.89. The van der Waals surface area contributed by atoms with E-state index in [9.17, 15) is 32.4 Å². The number of aryl methyl sites for hydroxylation is 1. The molecule has 1 saturated heterocycles. The molecule has 5 atom stereocenters. The smallest absolute Gasteiger partial charge is 0.410 e. The number of rotatable bonds is 5. The van der Waals surface area contributed by atoms with Crippen molar-refractivity contribution in [2.75, 3.05) is 19.8 Å². The van der Waals surface area contributed by atoms with E-state index in [1.807, 2.05) is 12.1 Å². The molecule has 2 aromatic rings. The Labute approximate surface area is 331 Å². The van der Waals surface area contributed by atoms with E-state index in [1.54, 1.807) is 64.1 Å². The van der Waals surface area contributed by atoms with Crippen LogP contribution in [0.3, 0.4) is 0 Å². The monoisotopic (exact) mass is 813 g/mol. The Morgan fingerprint density at radius 3 is 2.55 bits per heavy atom. The van der Waals surface area contributed by atoms with E-state index in [0.717, 1.165) is 11.1 Å². The zero-order chi connectivity index (χ0) is 40.4. The van der Waals surface area contributed by atoms with Crippen molar-refractivity contribution < 1.29 is 46.6 Å². The second kappa shape index (κ2) is 16.4. The van der Waals surface area contributed by atoms with Crippen LogP contribution in [0, 0.1) is 12.8 Å². The number of allylic oxidation sites excluding steroid dienone is 1. The van der Waals surface area contributed by atoms with Crippen molar-refractivity contribution in [2.45, 2.75) is 107 Å². The Bertz CT molecular complexity index is 2020. The molecule has 6 rings (SSSR count). The Morgan fingerprint density at radius 1 is 1.05 bits per heavy atom. The molecule has 5 amide bonds. The lowest BCUT2D eigenvalue weighted by molar-refractivity contribution is -0.141. The van der Waals surface area contributed by atoms with Crippen molar-refractivity contribution >= 4 is 51.5 Å². The van der Waals surface area contributed by atoms with Crippen LogP contribution in [0.1, 0.15) is 69.6 Å². The predicted molar refractivity (Wildman–Crippen MR) is 204 cm³/mol. The van der Waals surface area contributed by atoms with Crippen molar-refractivity contribution in [3.05, 3.63) is 76.3 Å². The van der Waals surface area contributed by atoms with E-state index in [4.69, 9.17) is 25.8 Å². The minimum Gasteiger partial charge on any atom is -0.444 e. The number of nitrogens with one attached hydrogen (secondary N) is 3.